The number of nitrogens with zero attached hydrogens (tertiary/aromatic N) is 2. The van der Waals surface area contributed by atoms with Gasteiger partial charge in [0.2, 0.25) is 5.91 Å². The van der Waals surface area contributed by atoms with Crippen LogP contribution in [0.1, 0.15) is 44.0 Å². The molecule has 1 atom stereocenters. The standard InChI is InChI=1S/C22H23FN2O3/c1-4-22(2,3)25(20(27)16-12-8-9-13-17(16)23)18-14-19(26)24(21(18)28)15-10-6-5-7-11-15/h5-13,18H,4,14H2,1-3H3. The third-order valence-corrected chi connectivity index (χ3v) is 5.29. The van der Waals surface area contributed by atoms with E-state index in [0.29, 0.717) is 12.1 Å². The molecule has 3 amide bonds. The molecule has 3 rings (SSSR count). The van der Waals surface area contributed by atoms with E-state index >= 15 is 0 Å². The van der Waals surface area contributed by atoms with Gasteiger partial charge in [-0.3, -0.25) is 14.4 Å². The predicted molar refractivity (Wildman–Crippen MR) is 104 cm³/mol. The number of carbonyl (C=O) groups excluding carboxylic acids is 3. The average Bonchev–Trinajstić information content (AvgIpc) is 2.96. The fraction of sp³-hybridized carbons (Fsp3) is 0.318. The Hall–Kier alpha value is -3.02. The molecule has 6 heteroatoms. The van der Waals surface area contributed by atoms with Crippen molar-refractivity contribution in [2.45, 2.75) is 45.2 Å². The van der Waals surface area contributed by atoms with Gasteiger partial charge in [0.05, 0.1) is 17.7 Å². The zero-order valence-electron chi connectivity index (χ0n) is 16.2. The van der Waals surface area contributed by atoms with Crippen molar-refractivity contribution >= 4 is 23.4 Å². The van der Waals surface area contributed by atoms with E-state index in [1.807, 2.05) is 20.8 Å². The first kappa shape index (κ1) is 19.7. The van der Waals surface area contributed by atoms with Crippen LogP contribution in [-0.2, 0) is 9.59 Å². The summed E-state index contributed by atoms with van der Waals surface area (Å²) in [5.41, 5.74) is -0.387. The molecule has 1 fully saturated rings. The Bertz CT molecular complexity index is 911. The fourth-order valence-electron chi connectivity index (χ4n) is 3.44. The monoisotopic (exact) mass is 382 g/mol. The van der Waals surface area contributed by atoms with Gasteiger partial charge in [-0.05, 0) is 44.5 Å². The molecule has 146 valence electrons. The van der Waals surface area contributed by atoms with E-state index in [9.17, 15) is 18.8 Å². The van der Waals surface area contributed by atoms with Gasteiger partial charge in [-0.25, -0.2) is 9.29 Å². The highest BCUT2D eigenvalue weighted by Crippen LogP contribution is 2.32. The molecule has 0 saturated carbocycles. The van der Waals surface area contributed by atoms with Crippen LogP contribution in [0.2, 0.25) is 0 Å². The molecule has 5 nitrogen and oxygen atoms in total. The van der Waals surface area contributed by atoms with Crippen molar-refractivity contribution in [3.8, 4) is 0 Å². The van der Waals surface area contributed by atoms with Crippen LogP contribution in [0.25, 0.3) is 0 Å². The van der Waals surface area contributed by atoms with Crippen molar-refractivity contribution in [1.29, 1.82) is 0 Å². The van der Waals surface area contributed by atoms with E-state index in [-0.39, 0.29) is 17.9 Å². The number of amides is 3. The Morgan fingerprint density at radius 1 is 1.11 bits per heavy atom. The highest BCUT2D eigenvalue weighted by atomic mass is 19.1. The van der Waals surface area contributed by atoms with E-state index in [4.69, 9.17) is 0 Å². The van der Waals surface area contributed by atoms with E-state index in [1.165, 1.54) is 23.1 Å². The summed E-state index contributed by atoms with van der Waals surface area (Å²) < 4.78 is 14.3. The minimum absolute atomic E-state index is 0.109. The summed E-state index contributed by atoms with van der Waals surface area (Å²) in [4.78, 5) is 41.5. The van der Waals surface area contributed by atoms with Gasteiger partial charge in [0, 0.05) is 5.54 Å². The summed E-state index contributed by atoms with van der Waals surface area (Å²) in [5, 5.41) is 0. The maximum atomic E-state index is 14.3. The van der Waals surface area contributed by atoms with E-state index in [1.54, 1.807) is 36.4 Å². The van der Waals surface area contributed by atoms with Gasteiger partial charge in [0.25, 0.3) is 11.8 Å². The highest BCUT2D eigenvalue weighted by molar-refractivity contribution is 6.23. The molecule has 0 radical (unpaired) electrons. The van der Waals surface area contributed by atoms with Crippen molar-refractivity contribution in [1.82, 2.24) is 4.90 Å². The Kier molecular flexibility index (Phi) is 5.31. The van der Waals surface area contributed by atoms with Gasteiger partial charge in [-0.1, -0.05) is 37.3 Å². The van der Waals surface area contributed by atoms with E-state index in [2.05, 4.69) is 0 Å². The number of carbonyl (C=O) groups is 3. The average molecular weight is 382 g/mol. The Balaban J connectivity index is 2.03. The minimum Gasteiger partial charge on any atom is -0.321 e. The number of rotatable bonds is 5. The Morgan fingerprint density at radius 3 is 2.32 bits per heavy atom. The summed E-state index contributed by atoms with van der Waals surface area (Å²) in [7, 11) is 0. The molecule has 28 heavy (non-hydrogen) atoms. The molecule has 0 aliphatic carbocycles. The van der Waals surface area contributed by atoms with Crippen molar-refractivity contribution in [3.05, 3.63) is 66.0 Å². The van der Waals surface area contributed by atoms with Crippen LogP contribution >= 0.6 is 0 Å². The molecular weight excluding hydrogens is 359 g/mol. The Morgan fingerprint density at radius 2 is 1.71 bits per heavy atom. The topological polar surface area (TPSA) is 57.7 Å². The van der Waals surface area contributed by atoms with Gasteiger partial charge in [0.15, 0.2) is 0 Å². The third-order valence-electron chi connectivity index (χ3n) is 5.29. The van der Waals surface area contributed by atoms with E-state index in [0.717, 1.165) is 4.90 Å². The lowest BCUT2D eigenvalue weighted by molar-refractivity contribution is -0.123. The second-order valence-electron chi connectivity index (χ2n) is 7.44. The molecule has 0 N–H and O–H groups in total. The lowest BCUT2D eigenvalue weighted by Crippen LogP contribution is -2.55. The number of hydrogen-bond donors (Lipinski definition) is 0. The van der Waals surface area contributed by atoms with Gasteiger partial charge >= 0.3 is 0 Å². The van der Waals surface area contributed by atoms with Crippen LogP contribution in [0, 0.1) is 5.82 Å². The number of para-hydroxylation sites is 1. The maximum absolute atomic E-state index is 14.3. The number of halogens is 1. The van der Waals surface area contributed by atoms with Gasteiger partial charge < -0.3 is 4.90 Å². The summed E-state index contributed by atoms with van der Waals surface area (Å²) in [5.74, 6) is -2.09. The molecule has 2 aromatic carbocycles. The Labute approximate surface area is 163 Å². The summed E-state index contributed by atoms with van der Waals surface area (Å²) in [6.07, 6.45) is 0.411. The van der Waals surface area contributed by atoms with Crippen LogP contribution in [0.4, 0.5) is 10.1 Å². The summed E-state index contributed by atoms with van der Waals surface area (Å²) >= 11 is 0. The normalized spacial score (nSPS) is 17.1. The van der Waals surface area contributed by atoms with Crippen LogP contribution in [0.5, 0.6) is 0 Å². The quantitative estimate of drug-likeness (QED) is 0.740. The molecule has 1 unspecified atom stereocenters. The fourth-order valence-corrected chi connectivity index (χ4v) is 3.44. The molecular formula is C22H23FN2O3. The highest BCUT2D eigenvalue weighted by Gasteiger charge is 2.48. The van der Waals surface area contributed by atoms with Crippen molar-refractivity contribution in [3.63, 3.8) is 0 Å². The number of benzene rings is 2. The molecule has 0 aromatic heterocycles. The molecule has 1 aliphatic heterocycles. The zero-order chi connectivity index (χ0) is 20.5. The smallest absolute Gasteiger partial charge is 0.257 e. The van der Waals surface area contributed by atoms with Crippen LogP contribution in [0.15, 0.2) is 54.6 Å². The molecule has 1 heterocycles. The van der Waals surface area contributed by atoms with Crippen LogP contribution in [-0.4, -0.2) is 34.2 Å². The first-order valence-corrected chi connectivity index (χ1v) is 9.28. The molecule has 1 aliphatic rings. The van der Waals surface area contributed by atoms with E-state index < -0.39 is 29.2 Å². The summed E-state index contributed by atoms with van der Waals surface area (Å²) in [6.45, 7) is 5.52. The minimum atomic E-state index is -0.977. The molecule has 2 aromatic rings. The second kappa shape index (κ2) is 7.54. The van der Waals surface area contributed by atoms with Crippen molar-refractivity contribution in [2.24, 2.45) is 0 Å². The first-order chi connectivity index (χ1) is 13.3. The van der Waals surface area contributed by atoms with Crippen molar-refractivity contribution < 1.29 is 18.8 Å². The molecule has 1 saturated heterocycles. The largest absolute Gasteiger partial charge is 0.321 e. The second-order valence-corrected chi connectivity index (χ2v) is 7.44. The lowest BCUT2D eigenvalue weighted by atomic mass is 9.94. The maximum Gasteiger partial charge on any atom is 0.257 e. The number of imide groups is 1. The lowest BCUT2D eigenvalue weighted by Gasteiger charge is -2.41. The van der Waals surface area contributed by atoms with Crippen LogP contribution in [0.3, 0.4) is 0 Å². The zero-order valence-corrected chi connectivity index (χ0v) is 16.2. The van der Waals surface area contributed by atoms with Gasteiger partial charge in [-0.15, -0.1) is 0 Å². The third kappa shape index (κ3) is 3.42. The van der Waals surface area contributed by atoms with Crippen molar-refractivity contribution in [2.75, 3.05) is 4.90 Å². The SMILES string of the molecule is CCC(C)(C)N(C(=O)c1ccccc1F)C1CC(=O)N(c2ccccc2)C1=O. The number of hydrogen-bond acceptors (Lipinski definition) is 3. The van der Waals surface area contributed by atoms with Crippen LogP contribution < -0.4 is 4.90 Å². The number of anilines is 1. The van der Waals surface area contributed by atoms with Gasteiger partial charge in [0.1, 0.15) is 11.9 Å². The first-order valence-electron chi connectivity index (χ1n) is 9.28. The van der Waals surface area contributed by atoms with Gasteiger partial charge in [-0.2, -0.15) is 0 Å². The predicted octanol–water partition coefficient (Wildman–Crippen LogP) is 3.79. The molecule has 0 bridgehead atoms. The molecule has 0 spiro atoms. The summed E-state index contributed by atoms with van der Waals surface area (Å²) in [6, 6.07) is 13.3.